The number of hydrogen-bond donors (Lipinski definition) is 1. The van der Waals surface area contributed by atoms with Gasteiger partial charge in [0.15, 0.2) is 11.5 Å². The quantitative estimate of drug-likeness (QED) is 0.598. The summed E-state index contributed by atoms with van der Waals surface area (Å²) in [6, 6.07) is 9.59. The molecule has 2 aromatic rings. The summed E-state index contributed by atoms with van der Waals surface area (Å²) in [6.07, 6.45) is 8.38. The van der Waals surface area contributed by atoms with Crippen molar-refractivity contribution in [1.82, 2.24) is 10.3 Å². The van der Waals surface area contributed by atoms with E-state index in [9.17, 15) is 4.79 Å². The Hall–Kier alpha value is -2.82. The summed E-state index contributed by atoms with van der Waals surface area (Å²) in [5.41, 5.74) is 2.05. The fourth-order valence-corrected chi connectivity index (χ4v) is 2.25. The molecule has 1 aromatic heterocycles. The van der Waals surface area contributed by atoms with Gasteiger partial charge in [0.1, 0.15) is 0 Å². The molecule has 0 saturated heterocycles. The molecule has 0 spiro atoms. The lowest BCUT2D eigenvalue weighted by Gasteiger charge is -2.09. The maximum atomic E-state index is 11.8. The van der Waals surface area contributed by atoms with Crippen molar-refractivity contribution in [2.24, 2.45) is 0 Å². The molecule has 0 radical (unpaired) electrons. The average molecular weight is 326 g/mol. The molecule has 2 rings (SSSR count). The van der Waals surface area contributed by atoms with E-state index in [0.29, 0.717) is 6.54 Å². The maximum absolute atomic E-state index is 11.8. The predicted octanol–water partition coefficient (Wildman–Crippen LogP) is 2.86. The van der Waals surface area contributed by atoms with Crippen molar-refractivity contribution in [3.8, 4) is 11.5 Å². The molecule has 1 aromatic carbocycles. The van der Waals surface area contributed by atoms with Gasteiger partial charge in [-0.25, -0.2) is 0 Å². The highest BCUT2D eigenvalue weighted by atomic mass is 16.5. The Labute approximate surface area is 142 Å². The van der Waals surface area contributed by atoms with Crippen molar-refractivity contribution in [3.63, 3.8) is 0 Å². The van der Waals surface area contributed by atoms with Crippen molar-refractivity contribution in [1.29, 1.82) is 0 Å². The number of methoxy groups -OCH3 is 2. The number of hydrogen-bond acceptors (Lipinski definition) is 4. The lowest BCUT2D eigenvalue weighted by atomic mass is 10.1. The van der Waals surface area contributed by atoms with Gasteiger partial charge >= 0.3 is 0 Å². The number of aryl methyl sites for hydroxylation is 1. The van der Waals surface area contributed by atoms with Crippen LogP contribution in [0.25, 0.3) is 6.08 Å². The summed E-state index contributed by atoms with van der Waals surface area (Å²) < 4.78 is 10.5. The van der Waals surface area contributed by atoms with Gasteiger partial charge in [0.25, 0.3) is 0 Å². The molecule has 0 unspecified atom stereocenters. The molecule has 0 fully saturated rings. The molecule has 0 aliphatic carbocycles. The van der Waals surface area contributed by atoms with Crippen LogP contribution in [-0.4, -0.2) is 31.7 Å². The Balaban J connectivity index is 1.74. The van der Waals surface area contributed by atoms with E-state index in [1.54, 1.807) is 32.7 Å². The molecule has 1 heterocycles. The number of aromatic nitrogens is 1. The molecule has 1 amide bonds. The van der Waals surface area contributed by atoms with E-state index in [1.807, 2.05) is 30.3 Å². The number of nitrogens with zero attached hydrogens (tertiary/aromatic N) is 1. The normalized spacial score (nSPS) is 10.6. The van der Waals surface area contributed by atoms with E-state index in [4.69, 9.17) is 9.47 Å². The van der Waals surface area contributed by atoms with Crippen LogP contribution in [0.5, 0.6) is 11.5 Å². The minimum absolute atomic E-state index is 0.105. The zero-order valence-electron chi connectivity index (χ0n) is 14.0. The number of rotatable bonds is 8. The monoisotopic (exact) mass is 326 g/mol. The Morgan fingerprint density at radius 2 is 2.04 bits per heavy atom. The third kappa shape index (κ3) is 5.43. The first kappa shape index (κ1) is 17.5. The summed E-state index contributed by atoms with van der Waals surface area (Å²) in [5.74, 6) is 1.33. The second-order valence-corrected chi connectivity index (χ2v) is 5.20. The molecule has 126 valence electrons. The summed E-state index contributed by atoms with van der Waals surface area (Å²) in [5, 5.41) is 2.87. The lowest BCUT2D eigenvalue weighted by molar-refractivity contribution is -0.116. The van der Waals surface area contributed by atoms with Crippen molar-refractivity contribution >= 4 is 12.0 Å². The molecule has 0 saturated carbocycles. The molecule has 0 atom stereocenters. The molecular formula is C19H22N2O3. The zero-order chi connectivity index (χ0) is 17.2. The van der Waals surface area contributed by atoms with Crippen molar-refractivity contribution < 1.29 is 14.3 Å². The lowest BCUT2D eigenvalue weighted by Crippen LogP contribution is -2.22. The van der Waals surface area contributed by atoms with Crippen LogP contribution < -0.4 is 14.8 Å². The van der Waals surface area contributed by atoms with Gasteiger partial charge in [-0.2, -0.15) is 0 Å². The first-order chi connectivity index (χ1) is 11.7. The SMILES string of the molecule is COc1ccc(CCCNC(=O)/C=C/c2cccnc2)cc1OC. The fraction of sp³-hybridized carbons (Fsp3) is 0.263. The number of nitrogens with one attached hydrogen (secondary N) is 1. The largest absolute Gasteiger partial charge is 0.493 e. The molecule has 5 heteroatoms. The predicted molar refractivity (Wildman–Crippen MR) is 94.1 cm³/mol. The van der Waals surface area contributed by atoms with Crippen molar-refractivity contribution in [2.75, 3.05) is 20.8 Å². The molecule has 24 heavy (non-hydrogen) atoms. The van der Waals surface area contributed by atoms with Gasteiger partial charge in [0.05, 0.1) is 14.2 Å². The average Bonchev–Trinajstić information content (AvgIpc) is 2.64. The van der Waals surface area contributed by atoms with Gasteiger partial charge in [-0.05, 0) is 48.2 Å². The molecule has 0 aliphatic rings. The van der Waals surface area contributed by atoms with Gasteiger partial charge in [0.2, 0.25) is 5.91 Å². The smallest absolute Gasteiger partial charge is 0.244 e. The highest BCUT2D eigenvalue weighted by molar-refractivity contribution is 5.91. The minimum atomic E-state index is -0.105. The summed E-state index contributed by atoms with van der Waals surface area (Å²) >= 11 is 0. The summed E-state index contributed by atoms with van der Waals surface area (Å²) in [4.78, 5) is 15.8. The standard InChI is InChI=1S/C19H22N2O3/c1-23-17-9-7-15(13-18(17)24-2)5-4-12-21-19(22)10-8-16-6-3-11-20-14-16/h3,6-11,13-14H,4-5,12H2,1-2H3,(H,21,22)/b10-8+. The van der Waals surface area contributed by atoms with E-state index in [0.717, 1.165) is 35.5 Å². The van der Waals surface area contributed by atoms with Crippen molar-refractivity contribution in [2.45, 2.75) is 12.8 Å². The van der Waals surface area contributed by atoms with E-state index < -0.39 is 0 Å². The Bertz CT molecular complexity index is 684. The highest BCUT2D eigenvalue weighted by Gasteiger charge is 2.04. The van der Waals surface area contributed by atoms with E-state index in [1.165, 1.54) is 6.08 Å². The van der Waals surface area contributed by atoms with Crippen LogP contribution in [0.1, 0.15) is 17.5 Å². The van der Waals surface area contributed by atoms with Crippen molar-refractivity contribution in [3.05, 3.63) is 59.9 Å². The molecule has 0 aliphatic heterocycles. The second kappa shape index (κ2) is 9.35. The molecule has 5 nitrogen and oxygen atoms in total. The highest BCUT2D eigenvalue weighted by Crippen LogP contribution is 2.27. The zero-order valence-corrected chi connectivity index (χ0v) is 14.0. The number of ether oxygens (including phenoxy) is 2. The van der Waals surface area contributed by atoms with Crippen LogP contribution >= 0.6 is 0 Å². The van der Waals surface area contributed by atoms with Crippen LogP contribution in [0.15, 0.2) is 48.8 Å². The Kier molecular flexibility index (Phi) is 6.83. The Morgan fingerprint density at radius 1 is 1.21 bits per heavy atom. The number of pyridine rings is 1. The first-order valence-electron chi connectivity index (χ1n) is 7.80. The molecule has 0 bridgehead atoms. The van der Waals surface area contributed by atoms with Crippen LogP contribution in [0.3, 0.4) is 0 Å². The van der Waals surface area contributed by atoms with E-state index in [2.05, 4.69) is 10.3 Å². The van der Waals surface area contributed by atoms with E-state index in [-0.39, 0.29) is 5.91 Å². The third-order valence-electron chi connectivity index (χ3n) is 3.50. The topological polar surface area (TPSA) is 60.5 Å². The van der Waals surface area contributed by atoms with Gasteiger partial charge < -0.3 is 14.8 Å². The number of carbonyl (C=O) groups is 1. The van der Waals surface area contributed by atoms with Gasteiger partial charge in [-0.15, -0.1) is 0 Å². The first-order valence-corrected chi connectivity index (χ1v) is 7.80. The van der Waals surface area contributed by atoms with Crippen LogP contribution in [0.4, 0.5) is 0 Å². The summed E-state index contributed by atoms with van der Waals surface area (Å²) in [7, 11) is 3.24. The second-order valence-electron chi connectivity index (χ2n) is 5.20. The van der Waals surface area contributed by atoms with Crippen LogP contribution in [0, 0.1) is 0 Å². The van der Waals surface area contributed by atoms with E-state index >= 15 is 0 Å². The van der Waals surface area contributed by atoms with Gasteiger partial charge in [0, 0.05) is 25.0 Å². The third-order valence-corrected chi connectivity index (χ3v) is 3.50. The molecule has 1 N–H and O–H groups in total. The minimum Gasteiger partial charge on any atom is -0.493 e. The van der Waals surface area contributed by atoms with Crippen LogP contribution in [0.2, 0.25) is 0 Å². The maximum Gasteiger partial charge on any atom is 0.244 e. The fourth-order valence-electron chi connectivity index (χ4n) is 2.25. The molecular weight excluding hydrogens is 304 g/mol. The van der Waals surface area contributed by atoms with Gasteiger partial charge in [-0.1, -0.05) is 12.1 Å². The van der Waals surface area contributed by atoms with Crippen LogP contribution in [-0.2, 0) is 11.2 Å². The number of benzene rings is 1. The van der Waals surface area contributed by atoms with Gasteiger partial charge in [-0.3, -0.25) is 9.78 Å². The number of carbonyl (C=O) groups excluding carboxylic acids is 1. The Morgan fingerprint density at radius 3 is 2.75 bits per heavy atom. The number of amides is 1. The summed E-state index contributed by atoms with van der Waals surface area (Å²) in [6.45, 7) is 0.616.